The Kier molecular flexibility index (Phi) is 4.63. The standard InChI is InChI=1S/C12H15Cl2NO/c1-7(2)9-5-4-8(3)10(6-9)15-12(16)11(13)14/h4-7,11H,1-3H3,(H,15,16). The Morgan fingerprint density at radius 3 is 2.44 bits per heavy atom. The molecule has 1 amide bonds. The summed E-state index contributed by atoms with van der Waals surface area (Å²) in [4.78, 5) is 10.3. The summed E-state index contributed by atoms with van der Waals surface area (Å²) in [6.45, 7) is 6.13. The summed E-state index contributed by atoms with van der Waals surface area (Å²) in [5, 5.41) is 2.70. The summed E-state index contributed by atoms with van der Waals surface area (Å²) in [6, 6.07) is 5.98. The minimum atomic E-state index is -1.04. The van der Waals surface area contributed by atoms with Gasteiger partial charge in [-0.05, 0) is 30.0 Å². The number of alkyl halides is 2. The fourth-order valence-electron chi connectivity index (χ4n) is 1.32. The number of nitrogens with one attached hydrogen (secondary N) is 1. The summed E-state index contributed by atoms with van der Waals surface area (Å²) >= 11 is 11.0. The first kappa shape index (κ1) is 13.3. The van der Waals surface area contributed by atoms with Crippen LogP contribution in [0.5, 0.6) is 0 Å². The van der Waals surface area contributed by atoms with Crippen molar-refractivity contribution in [2.24, 2.45) is 0 Å². The fourth-order valence-corrected chi connectivity index (χ4v) is 1.43. The van der Waals surface area contributed by atoms with Crippen molar-refractivity contribution in [2.75, 3.05) is 5.32 Å². The van der Waals surface area contributed by atoms with Gasteiger partial charge in [-0.15, -0.1) is 0 Å². The average molecular weight is 260 g/mol. The molecule has 0 atom stereocenters. The van der Waals surface area contributed by atoms with Gasteiger partial charge in [0.05, 0.1) is 0 Å². The lowest BCUT2D eigenvalue weighted by Crippen LogP contribution is -2.19. The second-order valence-corrected chi connectivity index (χ2v) is 5.12. The summed E-state index contributed by atoms with van der Waals surface area (Å²) in [5.41, 5.74) is 2.93. The molecule has 0 bridgehead atoms. The van der Waals surface area contributed by atoms with E-state index in [1.165, 1.54) is 5.56 Å². The Balaban J connectivity index is 2.94. The molecule has 0 aliphatic rings. The van der Waals surface area contributed by atoms with E-state index >= 15 is 0 Å². The molecule has 2 nitrogen and oxygen atoms in total. The molecule has 0 aromatic heterocycles. The maximum atomic E-state index is 11.4. The molecule has 0 unspecified atom stereocenters. The Morgan fingerprint density at radius 1 is 1.31 bits per heavy atom. The van der Waals surface area contributed by atoms with Gasteiger partial charge in [0, 0.05) is 5.69 Å². The monoisotopic (exact) mass is 259 g/mol. The molecule has 0 heterocycles. The number of carbonyl (C=O) groups excluding carboxylic acids is 1. The van der Waals surface area contributed by atoms with Gasteiger partial charge in [0.1, 0.15) is 0 Å². The fraction of sp³-hybridized carbons (Fsp3) is 0.417. The van der Waals surface area contributed by atoms with Gasteiger partial charge in [0.2, 0.25) is 0 Å². The number of anilines is 1. The summed E-state index contributed by atoms with van der Waals surface area (Å²) in [5.74, 6) is 0.0198. The van der Waals surface area contributed by atoms with E-state index in [9.17, 15) is 4.79 Å². The van der Waals surface area contributed by atoms with Gasteiger partial charge in [-0.3, -0.25) is 4.79 Å². The van der Waals surface area contributed by atoms with Crippen molar-refractivity contribution in [2.45, 2.75) is 31.5 Å². The van der Waals surface area contributed by atoms with Gasteiger partial charge in [-0.25, -0.2) is 0 Å². The van der Waals surface area contributed by atoms with Crippen LogP contribution in [0.4, 0.5) is 5.69 Å². The van der Waals surface area contributed by atoms with Crippen molar-refractivity contribution in [1.29, 1.82) is 0 Å². The number of benzene rings is 1. The molecule has 0 spiro atoms. The van der Waals surface area contributed by atoms with Crippen molar-refractivity contribution < 1.29 is 4.79 Å². The van der Waals surface area contributed by atoms with Crippen LogP contribution in [0.1, 0.15) is 30.9 Å². The zero-order valence-electron chi connectivity index (χ0n) is 9.55. The van der Waals surface area contributed by atoms with Gasteiger partial charge < -0.3 is 5.32 Å². The lowest BCUT2D eigenvalue weighted by atomic mass is 10.0. The van der Waals surface area contributed by atoms with Gasteiger partial charge in [-0.2, -0.15) is 0 Å². The molecule has 0 aliphatic carbocycles. The topological polar surface area (TPSA) is 29.1 Å². The highest BCUT2D eigenvalue weighted by Crippen LogP contribution is 2.22. The van der Waals surface area contributed by atoms with Gasteiger partial charge in [-0.1, -0.05) is 49.2 Å². The van der Waals surface area contributed by atoms with E-state index in [0.717, 1.165) is 11.3 Å². The number of hydrogen-bond acceptors (Lipinski definition) is 1. The van der Waals surface area contributed by atoms with Gasteiger partial charge in [0.15, 0.2) is 4.84 Å². The molecule has 0 saturated carbocycles. The quantitative estimate of drug-likeness (QED) is 0.821. The molecule has 1 rings (SSSR count). The second-order valence-electron chi connectivity index (χ2n) is 4.02. The minimum Gasteiger partial charge on any atom is -0.323 e. The second kappa shape index (κ2) is 5.55. The van der Waals surface area contributed by atoms with Gasteiger partial charge in [0.25, 0.3) is 5.91 Å². The predicted molar refractivity (Wildman–Crippen MR) is 69.4 cm³/mol. The highest BCUT2D eigenvalue weighted by atomic mass is 35.5. The van der Waals surface area contributed by atoms with Crippen molar-refractivity contribution in [3.8, 4) is 0 Å². The van der Waals surface area contributed by atoms with Crippen molar-refractivity contribution >= 4 is 34.8 Å². The van der Waals surface area contributed by atoms with E-state index in [4.69, 9.17) is 23.2 Å². The molecule has 0 radical (unpaired) electrons. The Bertz CT molecular complexity index is 389. The third-order valence-corrected chi connectivity index (χ3v) is 2.78. The SMILES string of the molecule is Cc1ccc(C(C)C)cc1NC(=O)C(Cl)Cl. The van der Waals surface area contributed by atoms with Crippen molar-refractivity contribution in [3.63, 3.8) is 0 Å². The lowest BCUT2D eigenvalue weighted by Gasteiger charge is -2.12. The molecule has 0 saturated heterocycles. The van der Waals surface area contributed by atoms with E-state index in [1.807, 2.05) is 19.1 Å². The van der Waals surface area contributed by atoms with E-state index < -0.39 is 10.7 Å². The van der Waals surface area contributed by atoms with Crippen LogP contribution in [-0.2, 0) is 4.79 Å². The van der Waals surface area contributed by atoms with Crippen LogP contribution < -0.4 is 5.32 Å². The largest absolute Gasteiger partial charge is 0.323 e. The highest BCUT2D eigenvalue weighted by molar-refractivity contribution is 6.54. The Morgan fingerprint density at radius 2 is 1.94 bits per heavy atom. The highest BCUT2D eigenvalue weighted by Gasteiger charge is 2.13. The molecule has 0 aliphatic heterocycles. The van der Waals surface area contributed by atoms with Crippen LogP contribution in [0.25, 0.3) is 0 Å². The zero-order valence-corrected chi connectivity index (χ0v) is 11.1. The van der Waals surface area contributed by atoms with Crippen LogP contribution in [-0.4, -0.2) is 10.7 Å². The third-order valence-electron chi connectivity index (χ3n) is 2.38. The van der Waals surface area contributed by atoms with Gasteiger partial charge >= 0.3 is 0 Å². The number of carbonyl (C=O) groups is 1. The molecule has 1 aromatic rings. The molecular formula is C12H15Cl2NO. The molecule has 1 N–H and O–H groups in total. The molecule has 88 valence electrons. The number of halogens is 2. The normalized spacial score (nSPS) is 10.9. The molecular weight excluding hydrogens is 245 g/mol. The van der Waals surface area contributed by atoms with Crippen molar-refractivity contribution in [3.05, 3.63) is 29.3 Å². The van der Waals surface area contributed by atoms with Crippen LogP contribution in [0, 0.1) is 6.92 Å². The first-order chi connectivity index (χ1) is 7.41. The number of amides is 1. The minimum absolute atomic E-state index is 0.396. The maximum Gasteiger partial charge on any atom is 0.257 e. The summed E-state index contributed by atoms with van der Waals surface area (Å²) in [6.07, 6.45) is 0. The van der Waals surface area contributed by atoms with E-state index in [-0.39, 0.29) is 0 Å². The van der Waals surface area contributed by atoms with E-state index in [1.54, 1.807) is 0 Å². The number of hydrogen-bond donors (Lipinski definition) is 1. The predicted octanol–water partition coefficient (Wildman–Crippen LogP) is 3.86. The summed E-state index contributed by atoms with van der Waals surface area (Å²) < 4.78 is 0. The number of aryl methyl sites for hydroxylation is 1. The Labute approximate surface area is 106 Å². The van der Waals surface area contributed by atoms with Crippen molar-refractivity contribution in [1.82, 2.24) is 0 Å². The first-order valence-corrected chi connectivity index (χ1v) is 5.98. The van der Waals surface area contributed by atoms with Crippen LogP contribution in [0.2, 0.25) is 0 Å². The smallest absolute Gasteiger partial charge is 0.257 e. The Hall–Kier alpha value is -0.730. The van der Waals surface area contributed by atoms with Crippen LogP contribution >= 0.6 is 23.2 Å². The average Bonchev–Trinajstić information content (AvgIpc) is 2.20. The number of rotatable bonds is 3. The lowest BCUT2D eigenvalue weighted by molar-refractivity contribution is -0.114. The first-order valence-electron chi connectivity index (χ1n) is 5.11. The molecule has 0 fully saturated rings. The molecule has 16 heavy (non-hydrogen) atoms. The van der Waals surface area contributed by atoms with Crippen LogP contribution in [0.3, 0.4) is 0 Å². The van der Waals surface area contributed by atoms with E-state index in [0.29, 0.717) is 5.92 Å². The van der Waals surface area contributed by atoms with E-state index in [2.05, 4.69) is 25.2 Å². The zero-order chi connectivity index (χ0) is 12.3. The van der Waals surface area contributed by atoms with Crippen LogP contribution in [0.15, 0.2) is 18.2 Å². The third kappa shape index (κ3) is 3.39. The summed E-state index contributed by atoms with van der Waals surface area (Å²) in [7, 11) is 0. The molecule has 4 heteroatoms. The maximum absolute atomic E-state index is 11.4. The molecule has 1 aromatic carbocycles.